The number of benzene rings is 1. The molecule has 0 bridgehead atoms. The van der Waals surface area contributed by atoms with E-state index < -0.39 is 0 Å². The maximum atomic E-state index is 9.11. The van der Waals surface area contributed by atoms with Crippen LogP contribution in [-0.4, -0.2) is 18.8 Å². The van der Waals surface area contributed by atoms with Crippen LogP contribution in [-0.2, 0) is 6.61 Å². The van der Waals surface area contributed by atoms with E-state index in [1.54, 1.807) is 7.11 Å². The average Bonchev–Trinajstić information content (AvgIpc) is 2.33. The fourth-order valence-corrected chi connectivity index (χ4v) is 1.72. The lowest BCUT2D eigenvalue weighted by molar-refractivity contribution is 0.255. The lowest BCUT2D eigenvalue weighted by Gasteiger charge is -2.18. The summed E-state index contributed by atoms with van der Waals surface area (Å²) in [7, 11) is 1.62. The van der Waals surface area contributed by atoms with Crippen molar-refractivity contribution in [2.24, 2.45) is 5.41 Å². The monoisotopic (exact) mass is 252 g/mol. The van der Waals surface area contributed by atoms with Crippen molar-refractivity contribution < 1.29 is 14.6 Å². The SMILES string of the molecule is COc1ccc(CO)cc1OCCCC(C)(C)C. The van der Waals surface area contributed by atoms with Crippen LogP contribution in [0.2, 0.25) is 0 Å². The molecule has 1 aromatic rings. The van der Waals surface area contributed by atoms with E-state index in [9.17, 15) is 0 Å². The molecule has 0 aliphatic carbocycles. The molecule has 1 aromatic carbocycles. The van der Waals surface area contributed by atoms with Gasteiger partial charge in [0.05, 0.1) is 20.3 Å². The summed E-state index contributed by atoms with van der Waals surface area (Å²) in [6, 6.07) is 5.49. The van der Waals surface area contributed by atoms with Crippen LogP contribution in [0.4, 0.5) is 0 Å². The zero-order chi connectivity index (χ0) is 13.6. The highest BCUT2D eigenvalue weighted by atomic mass is 16.5. The second-order valence-corrected chi connectivity index (χ2v) is 5.66. The predicted molar refractivity (Wildman–Crippen MR) is 73.1 cm³/mol. The first kappa shape index (κ1) is 14.8. The van der Waals surface area contributed by atoms with E-state index in [4.69, 9.17) is 14.6 Å². The van der Waals surface area contributed by atoms with Crippen molar-refractivity contribution in [2.45, 2.75) is 40.2 Å². The van der Waals surface area contributed by atoms with Gasteiger partial charge in [-0.25, -0.2) is 0 Å². The lowest BCUT2D eigenvalue weighted by Crippen LogP contribution is -2.08. The molecule has 0 amide bonds. The van der Waals surface area contributed by atoms with Crippen LogP contribution in [0.15, 0.2) is 18.2 Å². The molecular formula is C15H24O3. The Morgan fingerprint density at radius 3 is 2.44 bits per heavy atom. The zero-order valence-electron chi connectivity index (χ0n) is 11.8. The molecule has 1 rings (SSSR count). The van der Waals surface area contributed by atoms with Gasteiger partial charge in [-0.05, 0) is 36.0 Å². The molecule has 18 heavy (non-hydrogen) atoms. The molecule has 0 atom stereocenters. The van der Waals surface area contributed by atoms with Gasteiger partial charge in [0.1, 0.15) is 0 Å². The van der Waals surface area contributed by atoms with Crippen LogP contribution in [0, 0.1) is 5.41 Å². The van der Waals surface area contributed by atoms with Gasteiger partial charge in [-0.2, -0.15) is 0 Å². The Bertz CT molecular complexity index is 366. The summed E-state index contributed by atoms with van der Waals surface area (Å²) in [5, 5.41) is 9.11. The number of aliphatic hydroxyl groups is 1. The van der Waals surface area contributed by atoms with Gasteiger partial charge in [0, 0.05) is 0 Å². The van der Waals surface area contributed by atoms with Crippen LogP contribution < -0.4 is 9.47 Å². The Morgan fingerprint density at radius 2 is 1.89 bits per heavy atom. The van der Waals surface area contributed by atoms with Gasteiger partial charge in [-0.1, -0.05) is 26.8 Å². The van der Waals surface area contributed by atoms with Gasteiger partial charge in [0.2, 0.25) is 0 Å². The van der Waals surface area contributed by atoms with Gasteiger partial charge in [0.15, 0.2) is 11.5 Å². The van der Waals surface area contributed by atoms with E-state index >= 15 is 0 Å². The summed E-state index contributed by atoms with van der Waals surface area (Å²) in [6.45, 7) is 7.35. The highest BCUT2D eigenvalue weighted by Gasteiger charge is 2.10. The van der Waals surface area contributed by atoms with E-state index in [1.807, 2.05) is 18.2 Å². The Balaban J connectivity index is 2.54. The minimum atomic E-state index is 0.0162. The average molecular weight is 252 g/mol. The third-order valence-corrected chi connectivity index (χ3v) is 2.74. The van der Waals surface area contributed by atoms with Gasteiger partial charge in [0.25, 0.3) is 0 Å². The molecule has 0 radical (unpaired) electrons. The first-order chi connectivity index (χ1) is 8.46. The molecule has 0 aromatic heterocycles. The molecule has 3 nitrogen and oxygen atoms in total. The maximum absolute atomic E-state index is 9.11. The standard InChI is InChI=1S/C15H24O3/c1-15(2,3)8-5-9-18-14-10-12(11-16)6-7-13(14)17-4/h6-7,10,16H,5,8-9,11H2,1-4H3. The summed E-state index contributed by atoms with van der Waals surface area (Å²) in [6.07, 6.45) is 2.13. The molecule has 1 N–H and O–H groups in total. The van der Waals surface area contributed by atoms with Crippen LogP contribution in [0.5, 0.6) is 11.5 Å². The third-order valence-electron chi connectivity index (χ3n) is 2.74. The first-order valence-corrected chi connectivity index (χ1v) is 6.37. The van der Waals surface area contributed by atoms with Crippen molar-refractivity contribution in [3.05, 3.63) is 23.8 Å². The van der Waals surface area contributed by atoms with Crippen LogP contribution in [0.1, 0.15) is 39.2 Å². The van der Waals surface area contributed by atoms with E-state index in [0.717, 1.165) is 18.4 Å². The molecule has 0 heterocycles. The van der Waals surface area contributed by atoms with Gasteiger partial charge in [-0.15, -0.1) is 0 Å². The van der Waals surface area contributed by atoms with Crippen LogP contribution in [0.25, 0.3) is 0 Å². The second kappa shape index (κ2) is 6.64. The van der Waals surface area contributed by atoms with Crippen molar-refractivity contribution in [3.8, 4) is 11.5 Å². The number of hydrogen-bond donors (Lipinski definition) is 1. The highest BCUT2D eigenvalue weighted by Crippen LogP contribution is 2.29. The molecule has 0 unspecified atom stereocenters. The van der Waals surface area contributed by atoms with Gasteiger partial charge in [-0.3, -0.25) is 0 Å². The molecule has 102 valence electrons. The molecule has 3 heteroatoms. The third kappa shape index (κ3) is 4.96. The molecule has 0 spiro atoms. The predicted octanol–water partition coefficient (Wildman–Crippen LogP) is 3.39. The van der Waals surface area contributed by atoms with E-state index in [1.165, 1.54) is 0 Å². The Hall–Kier alpha value is -1.22. The maximum Gasteiger partial charge on any atom is 0.161 e. The summed E-state index contributed by atoms with van der Waals surface area (Å²) < 4.78 is 11.0. The van der Waals surface area contributed by atoms with Crippen molar-refractivity contribution >= 4 is 0 Å². The van der Waals surface area contributed by atoms with E-state index in [0.29, 0.717) is 23.5 Å². The number of aliphatic hydroxyl groups excluding tert-OH is 1. The first-order valence-electron chi connectivity index (χ1n) is 6.37. The van der Waals surface area contributed by atoms with Crippen molar-refractivity contribution in [1.29, 1.82) is 0 Å². The summed E-state index contributed by atoms with van der Waals surface area (Å²) in [5.74, 6) is 1.42. The van der Waals surface area contributed by atoms with Crippen LogP contribution >= 0.6 is 0 Å². The normalized spacial score (nSPS) is 11.4. The van der Waals surface area contributed by atoms with Crippen LogP contribution in [0.3, 0.4) is 0 Å². The second-order valence-electron chi connectivity index (χ2n) is 5.66. The molecule has 0 fully saturated rings. The molecule has 0 aliphatic rings. The fraction of sp³-hybridized carbons (Fsp3) is 0.600. The smallest absolute Gasteiger partial charge is 0.161 e. The fourth-order valence-electron chi connectivity index (χ4n) is 1.72. The summed E-state index contributed by atoms with van der Waals surface area (Å²) in [5.41, 5.74) is 1.17. The number of hydrogen-bond acceptors (Lipinski definition) is 3. The number of ether oxygens (including phenoxy) is 2. The Kier molecular flexibility index (Phi) is 5.48. The van der Waals surface area contributed by atoms with Gasteiger partial charge >= 0.3 is 0 Å². The Labute approximate surface area is 110 Å². The van der Waals surface area contributed by atoms with Crippen molar-refractivity contribution in [2.75, 3.05) is 13.7 Å². The van der Waals surface area contributed by atoms with Crippen molar-refractivity contribution in [1.82, 2.24) is 0 Å². The lowest BCUT2D eigenvalue weighted by atomic mass is 9.91. The van der Waals surface area contributed by atoms with E-state index in [2.05, 4.69) is 20.8 Å². The van der Waals surface area contributed by atoms with E-state index in [-0.39, 0.29) is 6.61 Å². The zero-order valence-corrected chi connectivity index (χ0v) is 11.8. The number of methoxy groups -OCH3 is 1. The summed E-state index contributed by atoms with van der Waals surface area (Å²) in [4.78, 5) is 0. The molecule has 0 saturated carbocycles. The number of rotatable bonds is 6. The summed E-state index contributed by atoms with van der Waals surface area (Å²) >= 11 is 0. The largest absolute Gasteiger partial charge is 0.493 e. The minimum absolute atomic E-state index is 0.0162. The highest BCUT2D eigenvalue weighted by molar-refractivity contribution is 5.42. The molecule has 0 aliphatic heterocycles. The Morgan fingerprint density at radius 1 is 1.17 bits per heavy atom. The molecule has 0 saturated heterocycles. The topological polar surface area (TPSA) is 38.7 Å². The minimum Gasteiger partial charge on any atom is -0.493 e. The molecular weight excluding hydrogens is 228 g/mol. The quantitative estimate of drug-likeness (QED) is 0.789. The van der Waals surface area contributed by atoms with Crippen molar-refractivity contribution in [3.63, 3.8) is 0 Å². The van der Waals surface area contributed by atoms with Gasteiger partial charge < -0.3 is 14.6 Å².